The zero-order valence-corrected chi connectivity index (χ0v) is 4.32. The first kappa shape index (κ1) is 16.0. The molecule has 0 radical (unpaired) electrons. The van der Waals surface area contributed by atoms with Crippen LogP contribution in [0.1, 0.15) is 0 Å². The van der Waals surface area contributed by atoms with E-state index in [1.807, 2.05) is 0 Å². The van der Waals surface area contributed by atoms with Crippen molar-refractivity contribution >= 4 is 9.03 Å². The van der Waals surface area contributed by atoms with Gasteiger partial charge in [-0.25, -0.2) is 0 Å². The van der Waals surface area contributed by atoms with Gasteiger partial charge in [-0.3, -0.25) is 0 Å². The Labute approximate surface area is 56.6 Å². The first-order valence-corrected chi connectivity index (χ1v) is 1.22. The minimum atomic E-state index is -1.42. The largest absolute Gasteiger partial charge is 1.00 e. The Balaban J connectivity index is -0.0000000200. The first-order valence-electron chi connectivity index (χ1n) is 0.408. The Morgan fingerprint density at radius 3 is 1.00 bits per heavy atom. The first-order chi connectivity index (χ1) is 1.41. The van der Waals surface area contributed by atoms with E-state index < -0.39 is 9.03 Å². The summed E-state index contributed by atoms with van der Waals surface area (Å²) >= 11 is 0. The summed E-state index contributed by atoms with van der Waals surface area (Å²) in [6, 6.07) is 0. The maximum absolute atomic E-state index is 8.40. The molecular formula is HLi2O2P. The average molecular weight is 77.9 g/mol. The Bertz CT molecular complexity index is 7.61. The molecule has 2 nitrogen and oxygen atoms in total. The van der Waals surface area contributed by atoms with E-state index in [1.165, 1.54) is 0 Å². The molecule has 0 saturated carbocycles. The molecule has 0 amide bonds. The fraction of sp³-hybridized carbons (Fsp3) is 0. The van der Waals surface area contributed by atoms with Gasteiger partial charge in [-0.05, 0) is 0 Å². The third kappa shape index (κ3) is 29.2. The van der Waals surface area contributed by atoms with Crippen LogP contribution < -0.4 is 47.5 Å². The molecule has 0 heterocycles. The van der Waals surface area contributed by atoms with Crippen molar-refractivity contribution in [3.8, 4) is 0 Å². The summed E-state index contributed by atoms with van der Waals surface area (Å²) in [5, 5.41) is 0. The minimum Gasteiger partial charge on any atom is -0.844 e. The van der Waals surface area contributed by atoms with Crippen LogP contribution in [0.2, 0.25) is 0 Å². The van der Waals surface area contributed by atoms with Gasteiger partial charge in [-0.2, -0.15) is 0 Å². The molecule has 5 heavy (non-hydrogen) atoms. The van der Waals surface area contributed by atoms with E-state index in [1.54, 1.807) is 0 Å². The van der Waals surface area contributed by atoms with Crippen molar-refractivity contribution in [2.24, 2.45) is 0 Å². The van der Waals surface area contributed by atoms with E-state index in [4.69, 9.17) is 9.79 Å². The van der Waals surface area contributed by atoms with Crippen molar-refractivity contribution in [1.29, 1.82) is 0 Å². The third-order valence-corrected chi connectivity index (χ3v) is 0. The van der Waals surface area contributed by atoms with Gasteiger partial charge in [0.15, 0.2) is 0 Å². The smallest absolute Gasteiger partial charge is 0.844 e. The molecule has 0 aromatic heterocycles. The molecule has 0 spiro atoms. The average Bonchev–Trinajstić information content (AvgIpc) is 0.918. The van der Waals surface area contributed by atoms with Crippen molar-refractivity contribution in [3.05, 3.63) is 0 Å². The van der Waals surface area contributed by atoms with Crippen molar-refractivity contribution in [2.45, 2.75) is 0 Å². The van der Waals surface area contributed by atoms with Gasteiger partial charge in [-0.15, -0.1) is 0 Å². The van der Waals surface area contributed by atoms with Crippen molar-refractivity contribution < 1.29 is 47.5 Å². The Morgan fingerprint density at radius 1 is 1.00 bits per heavy atom. The molecule has 0 unspecified atom stereocenters. The van der Waals surface area contributed by atoms with Crippen LogP contribution in [-0.2, 0) is 0 Å². The molecule has 0 saturated heterocycles. The van der Waals surface area contributed by atoms with E-state index in [0.29, 0.717) is 0 Å². The van der Waals surface area contributed by atoms with Crippen LogP contribution >= 0.6 is 9.03 Å². The summed E-state index contributed by atoms with van der Waals surface area (Å²) < 4.78 is 0. The molecule has 0 aliphatic carbocycles. The van der Waals surface area contributed by atoms with E-state index >= 15 is 0 Å². The van der Waals surface area contributed by atoms with Crippen LogP contribution in [0.3, 0.4) is 0 Å². The molecule has 0 N–H and O–H groups in total. The summed E-state index contributed by atoms with van der Waals surface area (Å²) in [4.78, 5) is 16.8. The van der Waals surface area contributed by atoms with Gasteiger partial charge in [0.25, 0.3) is 0 Å². The molecule has 0 atom stereocenters. The predicted octanol–water partition coefficient (Wildman–Crippen LogP) is -7.78. The fourth-order valence-corrected chi connectivity index (χ4v) is 0. The Morgan fingerprint density at radius 2 is 1.00 bits per heavy atom. The van der Waals surface area contributed by atoms with Crippen LogP contribution in [0.5, 0.6) is 0 Å². The van der Waals surface area contributed by atoms with Gasteiger partial charge in [0, 0.05) is 0 Å². The van der Waals surface area contributed by atoms with E-state index in [-0.39, 0.29) is 37.7 Å². The van der Waals surface area contributed by atoms with Gasteiger partial charge < -0.3 is 18.8 Å². The standard InChI is InChI=1S/2Li.HO2P/c;;1-3-2/h;;3H/q2*+1;-2. The normalized spacial score (nSPS) is 3.60. The molecule has 20 valence electrons. The van der Waals surface area contributed by atoms with Crippen LogP contribution in [0.15, 0.2) is 0 Å². The SMILES string of the molecule is [Li+].[Li+].[O-]P[O-]. The van der Waals surface area contributed by atoms with Crippen LogP contribution in [0.4, 0.5) is 0 Å². The topological polar surface area (TPSA) is 46.1 Å². The maximum Gasteiger partial charge on any atom is 1.00 e. The summed E-state index contributed by atoms with van der Waals surface area (Å²) in [6.45, 7) is 0. The minimum absolute atomic E-state index is 0. The second-order valence-electron chi connectivity index (χ2n) is 0.0833. The van der Waals surface area contributed by atoms with Crippen molar-refractivity contribution in [3.63, 3.8) is 0 Å². The monoisotopic (exact) mass is 78.0 g/mol. The molecule has 5 heteroatoms. The molecule has 0 aromatic rings. The van der Waals surface area contributed by atoms with Crippen LogP contribution in [-0.4, -0.2) is 0 Å². The zero-order chi connectivity index (χ0) is 2.71. The van der Waals surface area contributed by atoms with Crippen LogP contribution in [0.25, 0.3) is 0 Å². The quantitative estimate of drug-likeness (QED) is 0.213. The molecule has 0 bridgehead atoms. The third-order valence-electron chi connectivity index (χ3n) is 0. The van der Waals surface area contributed by atoms with E-state index in [0.717, 1.165) is 0 Å². The summed E-state index contributed by atoms with van der Waals surface area (Å²) in [5.41, 5.74) is 0. The van der Waals surface area contributed by atoms with Crippen LogP contribution in [0, 0.1) is 0 Å². The van der Waals surface area contributed by atoms with Gasteiger partial charge in [-0.1, -0.05) is 0 Å². The zero-order valence-electron chi connectivity index (χ0n) is 3.32. The fourth-order valence-electron chi connectivity index (χ4n) is 0. The number of hydrogen-bond donors (Lipinski definition) is 0. The van der Waals surface area contributed by atoms with Gasteiger partial charge in [0.05, 0.1) is 0 Å². The predicted molar refractivity (Wildman–Crippen MR) is 8.31 cm³/mol. The Kier molecular flexibility index (Phi) is 56.6. The molecule has 0 aliphatic heterocycles. The summed E-state index contributed by atoms with van der Waals surface area (Å²) in [6.07, 6.45) is 0. The molecule has 0 aliphatic rings. The van der Waals surface area contributed by atoms with Crippen molar-refractivity contribution in [1.82, 2.24) is 0 Å². The second kappa shape index (κ2) is 17.7. The Hall–Kier alpha value is 1.54. The molecule has 0 fully saturated rings. The second-order valence-corrected chi connectivity index (χ2v) is 0.250. The molecular weight excluding hydrogens is 76.9 g/mol. The molecule has 0 rings (SSSR count). The van der Waals surface area contributed by atoms with E-state index in [9.17, 15) is 0 Å². The van der Waals surface area contributed by atoms with Crippen molar-refractivity contribution in [2.75, 3.05) is 0 Å². The number of rotatable bonds is 0. The maximum atomic E-state index is 8.40. The van der Waals surface area contributed by atoms with Gasteiger partial charge in [0.2, 0.25) is 0 Å². The van der Waals surface area contributed by atoms with E-state index in [2.05, 4.69) is 0 Å². The summed E-state index contributed by atoms with van der Waals surface area (Å²) in [7, 11) is -1.42. The van der Waals surface area contributed by atoms with Gasteiger partial charge >= 0.3 is 37.7 Å². The van der Waals surface area contributed by atoms with Gasteiger partial charge in [0.1, 0.15) is 0 Å². The molecule has 0 aromatic carbocycles. The number of hydrogen-bond acceptors (Lipinski definition) is 2. The summed E-state index contributed by atoms with van der Waals surface area (Å²) in [5.74, 6) is 0.